The molecule has 0 aliphatic carbocycles. The SMILES string of the molecule is COc1ccc(S(=O)(=O)C(C#N)C(=O)C2ONC3=C2CSc2ccc(F)cc23)cc1. The minimum atomic E-state index is -4.28. The van der Waals surface area contributed by atoms with Crippen LogP contribution in [-0.4, -0.2) is 38.4 Å². The van der Waals surface area contributed by atoms with Crippen molar-refractivity contribution in [3.05, 3.63) is 59.4 Å². The van der Waals surface area contributed by atoms with E-state index in [1.807, 2.05) is 0 Å². The second-order valence-corrected chi connectivity index (χ2v) is 9.61. The van der Waals surface area contributed by atoms with Crippen molar-refractivity contribution >= 4 is 33.1 Å². The predicted molar refractivity (Wildman–Crippen MR) is 107 cm³/mol. The number of benzene rings is 2. The third kappa shape index (κ3) is 3.35. The van der Waals surface area contributed by atoms with Gasteiger partial charge in [-0.05, 0) is 42.5 Å². The molecule has 10 heteroatoms. The first-order chi connectivity index (χ1) is 14.4. The summed E-state index contributed by atoms with van der Waals surface area (Å²) in [4.78, 5) is 19.0. The molecule has 30 heavy (non-hydrogen) atoms. The number of hydroxylamine groups is 1. The molecule has 0 amide bonds. The van der Waals surface area contributed by atoms with Gasteiger partial charge in [-0.2, -0.15) is 5.26 Å². The van der Waals surface area contributed by atoms with Gasteiger partial charge in [-0.3, -0.25) is 15.1 Å². The summed E-state index contributed by atoms with van der Waals surface area (Å²) < 4.78 is 44.6. The second-order valence-electron chi connectivity index (χ2n) is 6.56. The van der Waals surface area contributed by atoms with E-state index in [2.05, 4.69) is 5.48 Å². The lowest BCUT2D eigenvalue weighted by Crippen LogP contribution is -2.39. The van der Waals surface area contributed by atoms with Crippen molar-refractivity contribution in [1.29, 1.82) is 5.26 Å². The topological polar surface area (TPSA) is 105 Å². The van der Waals surface area contributed by atoms with Gasteiger partial charge in [0.15, 0.2) is 6.10 Å². The van der Waals surface area contributed by atoms with Crippen LogP contribution in [0.15, 0.2) is 57.8 Å². The van der Waals surface area contributed by atoms with Gasteiger partial charge in [-0.1, -0.05) is 0 Å². The Morgan fingerprint density at radius 1 is 1.33 bits per heavy atom. The summed E-state index contributed by atoms with van der Waals surface area (Å²) in [5, 5.41) is 7.57. The zero-order chi connectivity index (χ0) is 21.5. The minimum Gasteiger partial charge on any atom is -0.497 e. The van der Waals surface area contributed by atoms with Crippen LogP contribution in [0.4, 0.5) is 4.39 Å². The molecule has 7 nitrogen and oxygen atoms in total. The molecule has 0 spiro atoms. The molecule has 0 fully saturated rings. The summed E-state index contributed by atoms with van der Waals surface area (Å²) >= 11 is 1.38. The van der Waals surface area contributed by atoms with Crippen LogP contribution < -0.4 is 10.2 Å². The number of carbonyl (C=O) groups excluding carboxylic acids is 1. The van der Waals surface area contributed by atoms with E-state index < -0.39 is 32.8 Å². The first-order valence-electron chi connectivity index (χ1n) is 8.75. The van der Waals surface area contributed by atoms with E-state index in [9.17, 15) is 22.9 Å². The number of sulfone groups is 1. The maximum absolute atomic E-state index is 13.7. The van der Waals surface area contributed by atoms with Crippen LogP contribution in [0.3, 0.4) is 0 Å². The fourth-order valence-electron chi connectivity index (χ4n) is 3.30. The van der Waals surface area contributed by atoms with Crippen LogP contribution in [0.2, 0.25) is 0 Å². The predicted octanol–water partition coefficient (Wildman–Crippen LogP) is 2.49. The quantitative estimate of drug-likeness (QED) is 0.747. The Morgan fingerprint density at radius 3 is 2.73 bits per heavy atom. The number of thioether (sulfide) groups is 1. The number of nitrogens with zero attached hydrogens (tertiary/aromatic N) is 1. The molecule has 0 radical (unpaired) electrons. The van der Waals surface area contributed by atoms with Crippen molar-refractivity contribution in [2.75, 3.05) is 12.9 Å². The number of ether oxygens (including phenoxy) is 1. The van der Waals surface area contributed by atoms with Crippen molar-refractivity contribution in [3.8, 4) is 11.8 Å². The monoisotopic (exact) mass is 446 g/mol. The van der Waals surface area contributed by atoms with Crippen LogP contribution in [-0.2, 0) is 19.5 Å². The molecule has 2 aliphatic heterocycles. The van der Waals surface area contributed by atoms with E-state index in [1.165, 1.54) is 55.3 Å². The van der Waals surface area contributed by atoms with Crippen molar-refractivity contribution in [2.45, 2.75) is 21.1 Å². The van der Waals surface area contributed by atoms with E-state index in [0.717, 1.165) is 4.90 Å². The van der Waals surface area contributed by atoms with Gasteiger partial charge < -0.3 is 4.74 Å². The Balaban J connectivity index is 1.67. The lowest BCUT2D eigenvalue weighted by molar-refractivity contribution is -0.128. The fourth-order valence-corrected chi connectivity index (χ4v) is 5.74. The van der Waals surface area contributed by atoms with E-state index >= 15 is 0 Å². The number of Topliss-reactive ketones (excluding diaryl/α,β-unsaturated/α-hetero) is 1. The molecule has 4 rings (SSSR count). The molecule has 2 aromatic rings. The summed E-state index contributed by atoms with van der Waals surface area (Å²) in [6, 6.07) is 11.3. The number of ketones is 1. The third-order valence-corrected chi connectivity index (χ3v) is 7.85. The molecule has 0 saturated heterocycles. The number of nitrogens with one attached hydrogen (secondary N) is 1. The Hall–Kier alpha value is -2.87. The van der Waals surface area contributed by atoms with Gasteiger partial charge in [0.2, 0.25) is 20.9 Å². The zero-order valence-corrected chi connectivity index (χ0v) is 17.2. The summed E-state index contributed by atoms with van der Waals surface area (Å²) in [6.07, 6.45) is -1.26. The largest absolute Gasteiger partial charge is 0.497 e. The number of carbonyl (C=O) groups is 1. The number of hydrogen-bond donors (Lipinski definition) is 1. The molecule has 0 saturated carbocycles. The lowest BCUT2D eigenvalue weighted by atomic mass is 10.00. The number of nitriles is 1. The van der Waals surface area contributed by atoms with Crippen LogP contribution >= 0.6 is 11.8 Å². The Morgan fingerprint density at radius 2 is 2.07 bits per heavy atom. The summed E-state index contributed by atoms with van der Waals surface area (Å²) in [6.45, 7) is 0. The molecule has 1 N–H and O–H groups in total. The van der Waals surface area contributed by atoms with Gasteiger partial charge in [0.25, 0.3) is 0 Å². The Bertz CT molecular complexity index is 1200. The van der Waals surface area contributed by atoms with Gasteiger partial charge in [-0.25, -0.2) is 12.8 Å². The highest BCUT2D eigenvalue weighted by atomic mass is 32.2. The number of rotatable bonds is 5. The minimum absolute atomic E-state index is 0.172. The third-order valence-electron chi connectivity index (χ3n) is 4.84. The van der Waals surface area contributed by atoms with Gasteiger partial charge >= 0.3 is 0 Å². The first-order valence-corrected chi connectivity index (χ1v) is 11.3. The average molecular weight is 446 g/mol. The number of halogens is 1. The summed E-state index contributed by atoms with van der Waals surface area (Å²) in [7, 11) is -2.84. The number of hydrogen-bond acceptors (Lipinski definition) is 8. The van der Waals surface area contributed by atoms with Crippen molar-refractivity contribution in [1.82, 2.24) is 5.48 Å². The first kappa shape index (κ1) is 20.4. The molecule has 2 aliphatic rings. The molecular formula is C20H15FN2O5S2. The highest BCUT2D eigenvalue weighted by Crippen LogP contribution is 2.41. The second kappa shape index (κ2) is 7.75. The van der Waals surface area contributed by atoms with Crippen LogP contribution in [0.25, 0.3) is 5.70 Å². The summed E-state index contributed by atoms with van der Waals surface area (Å²) in [5.74, 6) is -0.557. The molecular weight excluding hydrogens is 431 g/mol. The molecule has 0 bridgehead atoms. The maximum Gasteiger partial charge on any atom is 0.213 e. The number of fused-ring (bicyclic) bond motifs is 2. The highest BCUT2D eigenvalue weighted by molar-refractivity contribution is 7.99. The average Bonchev–Trinajstić information content (AvgIpc) is 3.18. The van der Waals surface area contributed by atoms with Gasteiger partial charge in [0.1, 0.15) is 11.6 Å². The maximum atomic E-state index is 13.7. The molecule has 2 unspecified atom stereocenters. The van der Waals surface area contributed by atoms with Crippen molar-refractivity contribution in [2.24, 2.45) is 0 Å². The lowest BCUT2D eigenvalue weighted by Gasteiger charge is -2.19. The Kier molecular flexibility index (Phi) is 5.27. The standard InChI is InChI=1S/C20H15FN2O5S2/c1-27-12-3-5-13(6-4-12)30(25,26)17(9-22)19(24)20-15-10-29-16-7-2-11(21)8-14(16)18(15)23-28-20/h2-8,17,20,23H,10H2,1H3. The van der Waals surface area contributed by atoms with Crippen LogP contribution in [0, 0.1) is 17.1 Å². The van der Waals surface area contributed by atoms with Gasteiger partial charge in [0.05, 0.1) is 23.8 Å². The van der Waals surface area contributed by atoms with Crippen LogP contribution in [0.5, 0.6) is 5.75 Å². The molecule has 2 heterocycles. The highest BCUT2D eigenvalue weighted by Gasteiger charge is 2.44. The normalized spacial score (nSPS) is 18.6. The fraction of sp³-hybridized carbons (Fsp3) is 0.200. The number of methoxy groups -OCH3 is 1. The molecule has 0 aromatic heterocycles. The van der Waals surface area contributed by atoms with E-state index in [1.54, 1.807) is 12.1 Å². The molecule has 2 aromatic carbocycles. The van der Waals surface area contributed by atoms with Gasteiger partial charge in [0, 0.05) is 21.8 Å². The van der Waals surface area contributed by atoms with Crippen molar-refractivity contribution < 1.29 is 27.2 Å². The van der Waals surface area contributed by atoms with E-state index in [4.69, 9.17) is 9.57 Å². The van der Waals surface area contributed by atoms with Crippen LogP contribution in [0.1, 0.15) is 5.56 Å². The zero-order valence-electron chi connectivity index (χ0n) is 15.6. The smallest absolute Gasteiger partial charge is 0.213 e. The van der Waals surface area contributed by atoms with E-state index in [-0.39, 0.29) is 4.90 Å². The van der Waals surface area contributed by atoms with Crippen molar-refractivity contribution in [3.63, 3.8) is 0 Å². The van der Waals surface area contributed by atoms with E-state index in [0.29, 0.717) is 28.3 Å². The summed E-state index contributed by atoms with van der Waals surface area (Å²) in [5.41, 5.74) is 4.06. The van der Waals surface area contributed by atoms with Gasteiger partial charge in [-0.15, -0.1) is 11.8 Å². The Labute approximate surface area is 176 Å². The molecule has 154 valence electrons. The molecule has 2 atom stereocenters.